The van der Waals surface area contributed by atoms with Crippen LogP contribution in [0.1, 0.15) is 38.7 Å². The Morgan fingerprint density at radius 1 is 1.33 bits per heavy atom. The first-order chi connectivity index (χ1) is 8.53. The van der Waals surface area contributed by atoms with Gasteiger partial charge in [-0.2, -0.15) is 0 Å². The highest BCUT2D eigenvalue weighted by atomic mass is 16.5. The Labute approximate surface area is 110 Å². The maximum atomic E-state index is 10.9. The van der Waals surface area contributed by atoms with Crippen molar-refractivity contribution in [1.29, 1.82) is 0 Å². The largest absolute Gasteiger partial charge is 0.497 e. The van der Waals surface area contributed by atoms with Gasteiger partial charge in [-0.3, -0.25) is 0 Å². The number of methoxy groups -OCH3 is 1. The fourth-order valence-electron chi connectivity index (χ4n) is 3.09. The molecule has 1 fully saturated rings. The van der Waals surface area contributed by atoms with Crippen molar-refractivity contribution in [2.75, 3.05) is 7.11 Å². The molecule has 2 heteroatoms. The van der Waals surface area contributed by atoms with Gasteiger partial charge in [-0.05, 0) is 42.4 Å². The molecule has 1 aliphatic rings. The molecule has 0 radical (unpaired) electrons. The second kappa shape index (κ2) is 5.31. The number of aliphatic hydroxyl groups is 1. The second-order valence-corrected chi connectivity index (χ2v) is 5.92. The van der Waals surface area contributed by atoms with Crippen LogP contribution in [0.3, 0.4) is 0 Å². The summed E-state index contributed by atoms with van der Waals surface area (Å²) < 4.78 is 5.24. The van der Waals surface area contributed by atoms with E-state index in [-0.39, 0.29) is 0 Å². The van der Waals surface area contributed by atoms with Gasteiger partial charge in [-0.25, -0.2) is 0 Å². The molecule has 1 aromatic carbocycles. The number of hydrogen-bond acceptors (Lipinski definition) is 2. The van der Waals surface area contributed by atoms with E-state index in [1.54, 1.807) is 7.11 Å². The maximum absolute atomic E-state index is 10.9. The van der Waals surface area contributed by atoms with Gasteiger partial charge in [0.25, 0.3) is 0 Å². The molecule has 1 N–H and O–H groups in total. The van der Waals surface area contributed by atoms with Crippen LogP contribution in [-0.4, -0.2) is 17.8 Å². The molecule has 1 aliphatic carbocycles. The minimum Gasteiger partial charge on any atom is -0.497 e. The first kappa shape index (κ1) is 13.4. The first-order valence-corrected chi connectivity index (χ1v) is 6.89. The van der Waals surface area contributed by atoms with Gasteiger partial charge in [0.05, 0.1) is 12.7 Å². The van der Waals surface area contributed by atoms with E-state index in [0.29, 0.717) is 11.8 Å². The Hall–Kier alpha value is -1.02. The third-order valence-electron chi connectivity index (χ3n) is 4.36. The fourth-order valence-corrected chi connectivity index (χ4v) is 3.09. The van der Waals surface area contributed by atoms with E-state index in [2.05, 4.69) is 19.9 Å². The third-order valence-corrected chi connectivity index (χ3v) is 4.36. The van der Waals surface area contributed by atoms with Crippen LogP contribution in [-0.2, 0) is 6.42 Å². The summed E-state index contributed by atoms with van der Waals surface area (Å²) in [5.41, 5.74) is 0.613. The zero-order valence-corrected chi connectivity index (χ0v) is 11.6. The lowest BCUT2D eigenvalue weighted by Crippen LogP contribution is -2.43. The van der Waals surface area contributed by atoms with Crippen LogP contribution < -0.4 is 4.74 Å². The number of rotatable bonds is 3. The Morgan fingerprint density at radius 3 is 2.83 bits per heavy atom. The quantitative estimate of drug-likeness (QED) is 0.888. The van der Waals surface area contributed by atoms with Crippen molar-refractivity contribution >= 4 is 0 Å². The highest BCUT2D eigenvalue weighted by Gasteiger charge is 2.38. The fraction of sp³-hybridized carbons (Fsp3) is 0.625. The molecule has 0 aliphatic heterocycles. The van der Waals surface area contributed by atoms with Gasteiger partial charge in [0, 0.05) is 6.42 Å². The van der Waals surface area contributed by atoms with Crippen molar-refractivity contribution in [3.8, 4) is 5.75 Å². The van der Waals surface area contributed by atoms with Crippen LogP contribution in [0, 0.1) is 11.8 Å². The average Bonchev–Trinajstić information content (AvgIpc) is 2.34. The molecule has 0 spiro atoms. The summed E-state index contributed by atoms with van der Waals surface area (Å²) in [6.45, 7) is 4.41. The standard InChI is InChI=1S/C16H24O2/c1-12-7-8-13(2)16(17,10-12)11-14-5-4-6-15(9-14)18-3/h4-6,9,12-13,17H,7-8,10-11H2,1-3H3. The predicted octanol–water partition coefficient (Wildman–Crippen LogP) is 3.42. The molecule has 1 saturated carbocycles. The Kier molecular flexibility index (Phi) is 3.96. The lowest BCUT2D eigenvalue weighted by molar-refractivity contribution is -0.0560. The molecule has 3 unspecified atom stereocenters. The van der Waals surface area contributed by atoms with Gasteiger partial charge < -0.3 is 9.84 Å². The predicted molar refractivity (Wildman–Crippen MR) is 73.8 cm³/mol. The van der Waals surface area contributed by atoms with Crippen LogP contribution in [0.5, 0.6) is 5.75 Å². The van der Waals surface area contributed by atoms with Gasteiger partial charge in [0.2, 0.25) is 0 Å². The molecule has 1 aromatic rings. The molecule has 0 heterocycles. The number of benzene rings is 1. The second-order valence-electron chi connectivity index (χ2n) is 5.92. The molecular weight excluding hydrogens is 224 g/mol. The highest BCUT2D eigenvalue weighted by Crippen LogP contribution is 2.39. The summed E-state index contributed by atoms with van der Waals surface area (Å²) in [5.74, 6) is 1.87. The van der Waals surface area contributed by atoms with Gasteiger partial charge in [0.1, 0.15) is 5.75 Å². The molecule has 0 amide bonds. The molecule has 100 valence electrons. The molecule has 18 heavy (non-hydrogen) atoms. The molecule has 2 rings (SSSR count). The Balaban J connectivity index is 2.15. The van der Waals surface area contributed by atoms with Crippen molar-refractivity contribution < 1.29 is 9.84 Å². The summed E-state index contributed by atoms with van der Waals surface area (Å²) in [6, 6.07) is 8.05. The van der Waals surface area contributed by atoms with Crippen molar-refractivity contribution in [2.45, 2.75) is 45.1 Å². The van der Waals surface area contributed by atoms with E-state index in [1.165, 1.54) is 6.42 Å². The van der Waals surface area contributed by atoms with Gasteiger partial charge >= 0.3 is 0 Å². The summed E-state index contributed by atoms with van der Waals surface area (Å²) in [4.78, 5) is 0. The normalized spacial score (nSPS) is 32.2. The third kappa shape index (κ3) is 2.86. The smallest absolute Gasteiger partial charge is 0.119 e. The molecule has 0 bridgehead atoms. The monoisotopic (exact) mass is 248 g/mol. The molecule has 3 atom stereocenters. The molecule has 0 saturated heterocycles. The van der Waals surface area contributed by atoms with E-state index < -0.39 is 5.60 Å². The van der Waals surface area contributed by atoms with Crippen molar-refractivity contribution in [1.82, 2.24) is 0 Å². The van der Waals surface area contributed by atoms with Gasteiger partial charge in [-0.15, -0.1) is 0 Å². The summed E-state index contributed by atoms with van der Waals surface area (Å²) >= 11 is 0. The Bertz CT molecular complexity index is 402. The molecule has 2 nitrogen and oxygen atoms in total. The number of hydrogen-bond donors (Lipinski definition) is 1. The molecule has 0 aromatic heterocycles. The highest BCUT2D eigenvalue weighted by molar-refractivity contribution is 5.29. The zero-order valence-electron chi connectivity index (χ0n) is 11.6. The van der Waals surface area contributed by atoms with E-state index in [0.717, 1.165) is 30.6 Å². The van der Waals surface area contributed by atoms with Crippen LogP contribution in [0.15, 0.2) is 24.3 Å². The Morgan fingerprint density at radius 2 is 2.11 bits per heavy atom. The lowest BCUT2D eigenvalue weighted by Gasteiger charge is -2.41. The zero-order chi connectivity index (χ0) is 13.2. The van der Waals surface area contributed by atoms with Crippen LogP contribution >= 0.6 is 0 Å². The topological polar surface area (TPSA) is 29.5 Å². The van der Waals surface area contributed by atoms with Crippen molar-refractivity contribution in [2.24, 2.45) is 11.8 Å². The van der Waals surface area contributed by atoms with Crippen LogP contribution in [0.25, 0.3) is 0 Å². The minimum absolute atomic E-state index is 0.375. The van der Waals surface area contributed by atoms with Crippen molar-refractivity contribution in [3.63, 3.8) is 0 Å². The van der Waals surface area contributed by atoms with Crippen molar-refractivity contribution in [3.05, 3.63) is 29.8 Å². The first-order valence-electron chi connectivity index (χ1n) is 6.89. The molecular formula is C16H24O2. The SMILES string of the molecule is COc1cccc(CC2(O)CC(C)CCC2C)c1. The van der Waals surface area contributed by atoms with E-state index in [4.69, 9.17) is 4.74 Å². The summed E-state index contributed by atoms with van der Waals surface area (Å²) in [7, 11) is 1.68. The van der Waals surface area contributed by atoms with E-state index in [9.17, 15) is 5.11 Å². The summed E-state index contributed by atoms with van der Waals surface area (Å²) in [6.07, 6.45) is 4.00. The van der Waals surface area contributed by atoms with Crippen LogP contribution in [0.4, 0.5) is 0 Å². The number of ether oxygens (including phenoxy) is 1. The average molecular weight is 248 g/mol. The van der Waals surface area contributed by atoms with Gasteiger partial charge in [-0.1, -0.05) is 32.4 Å². The summed E-state index contributed by atoms with van der Waals surface area (Å²) in [5, 5.41) is 10.9. The lowest BCUT2D eigenvalue weighted by atomic mass is 9.69. The van der Waals surface area contributed by atoms with E-state index in [1.807, 2.05) is 18.2 Å². The van der Waals surface area contributed by atoms with E-state index >= 15 is 0 Å². The van der Waals surface area contributed by atoms with Gasteiger partial charge in [0.15, 0.2) is 0 Å². The maximum Gasteiger partial charge on any atom is 0.119 e. The minimum atomic E-state index is -0.552. The van der Waals surface area contributed by atoms with Crippen LogP contribution in [0.2, 0.25) is 0 Å².